The number of nitriles is 1. The predicted molar refractivity (Wildman–Crippen MR) is 74.1 cm³/mol. The summed E-state index contributed by atoms with van der Waals surface area (Å²) in [6.45, 7) is 1.66. The van der Waals surface area contributed by atoms with E-state index in [4.69, 9.17) is 16.9 Å². The van der Waals surface area contributed by atoms with E-state index in [1.807, 2.05) is 6.07 Å². The highest BCUT2D eigenvalue weighted by Crippen LogP contribution is 2.15. The third kappa shape index (κ3) is 4.25. The maximum atomic E-state index is 12.1. The Morgan fingerprint density at radius 2 is 2.10 bits per heavy atom. The average molecular weight is 295 g/mol. The summed E-state index contributed by atoms with van der Waals surface area (Å²) in [4.78, 5) is 23.7. The Hall–Kier alpha value is -2.06. The van der Waals surface area contributed by atoms with Gasteiger partial charge in [-0.05, 0) is 25.5 Å². The van der Waals surface area contributed by atoms with Gasteiger partial charge in [-0.1, -0.05) is 23.7 Å². The molecule has 2 atom stereocenters. The van der Waals surface area contributed by atoms with Gasteiger partial charge in [0.05, 0.1) is 23.8 Å². The molecule has 1 N–H and O–H groups in total. The number of nitrogens with one attached hydrogen (secondary N) is 1. The van der Waals surface area contributed by atoms with Gasteiger partial charge in [0.25, 0.3) is 5.91 Å². The molecule has 0 unspecified atom stereocenters. The van der Waals surface area contributed by atoms with Gasteiger partial charge in [0.15, 0.2) is 0 Å². The molecule has 0 radical (unpaired) electrons. The quantitative estimate of drug-likeness (QED) is 0.844. The van der Waals surface area contributed by atoms with Gasteiger partial charge in [-0.3, -0.25) is 4.79 Å². The molecule has 6 heteroatoms. The van der Waals surface area contributed by atoms with Gasteiger partial charge in [-0.25, -0.2) is 4.79 Å². The molecular formula is C14H15ClN2O3. The van der Waals surface area contributed by atoms with Crippen molar-refractivity contribution in [2.24, 2.45) is 5.92 Å². The molecule has 0 aliphatic carbocycles. The lowest BCUT2D eigenvalue weighted by Gasteiger charge is -2.17. The van der Waals surface area contributed by atoms with Crippen LogP contribution in [0.15, 0.2) is 24.3 Å². The van der Waals surface area contributed by atoms with E-state index in [-0.39, 0.29) is 17.9 Å². The van der Waals surface area contributed by atoms with E-state index in [2.05, 4.69) is 10.1 Å². The molecular weight excluding hydrogens is 280 g/mol. The van der Waals surface area contributed by atoms with Crippen molar-refractivity contribution in [1.82, 2.24) is 5.32 Å². The van der Waals surface area contributed by atoms with Crippen molar-refractivity contribution < 1.29 is 14.3 Å². The summed E-state index contributed by atoms with van der Waals surface area (Å²) < 4.78 is 4.63. The highest BCUT2D eigenvalue weighted by Gasteiger charge is 2.25. The van der Waals surface area contributed by atoms with E-state index in [1.165, 1.54) is 7.11 Å². The third-order valence-electron chi connectivity index (χ3n) is 2.72. The minimum atomic E-state index is -0.876. The molecule has 0 saturated heterocycles. The van der Waals surface area contributed by atoms with Gasteiger partial charge in [0.2, 0.25) is 0 Å². The molecule has 5 nitrogen and oxygen atoms in total. The summed E-state index contributed by atoms with van der Waals surface area (Å²) in [7, 11) is 1.23. The van der Waals surface area contributed by atoms with Crippen LogP contribution in [0.4, 0.5) is 0 Å². The Balaban J connectivity index is 2.85. The zero-order valence-electron chi connectivity index (χ0n) is 11.2. The molecule has 106 valence electrons. The second kappa shape index (κ2) is 7.51. The molecule has 0 saturated carbocycles. The third-order valence-corrected chi connectivity index (χ3v) is 3.05. The van der Waals surface area contributed by atoms with Gasteiger partial charge in [-0.15, -0.1) is 0 Å². The van der Waals surface area contributed by atoms with Crippen LogP contribution in [0.5, 0.6) is 0 Å². The summed E-state index contributed by atoms with van der Waals surface area (Å²) >= 11 is 5.92. The standard InChI is InChI=1S/C14H15ClN2O3/c1-9(8-16)7-12(14(19)20-2)17-13(18)10-5-3-4-6-11(10)15/h3-6,9,12H,7H2,1-2H3,(H,17,18)/t9-,12+/m1/s1. The molecule has 1 rings (SSSR count). The van der Waals surface area contributed by atoms with Crippen LogP contribution in [0.25, 0.3) is 0 Å². The second-order valence-corrected chi connectivity index (χ2v) is 4.70. The molecule has 0 spiro atoms. The average Bonchev–Trinajstić information content (AvgIpc) is 2.45. The Labute approximate surface area is 122 Å². The van der Waals surface area contributed by atoms with E-state index in [1.54, 1.807) is 31.2 Å². The second-order valence-electron chi connectivity index (χ2n) is 4.29. The van der Waals surface area contributed by atoms with Crippen LogP contribution in [-0.4, -0.2) is 25.0 Å². The normalized spacial score (nSPS) is 12.9. The number of hydrogen-bond acceptors (Lipinski definition) is 4. The topological polar surface area (TPSA) is 79.2 Å². The van der Waals surface area contributed by atoms with Crippen molar-refractivity contribution in [2.75, 3.05) is 7.11 Å². The van der Waals surface area contributed by atoms with Crippen molar-refractivity contribution in [1.29, 1.82) is 5.26 Å². The van der Waals surface area contributed by atoms with Crippen molar-refractivity contribution in [2.45, 2.75) is 19.4 Å². The lowest BCUT2D eigenvalue weighted by molar-refractivity contribution is -0.143. The van der Waals surface area contributed by atoms with Crippen LogP contribution >= 0.6 is 11.6 Å². The zero-order chi connectivity index (χ0) is 15.1. The Bertz CT molecular complexity index is 539. The van der Waals surface area contributed by atoms with Crippen LogP contribution in [0.3, 0.4) is 0 Å². The number of rotatable bonds is 5. The largest absolute Gasteiger partial charge is 0.467 e. The van der Waals surface area contributed by atoms with Gasteiger partial charge in [0.1, 0.15) is 6.04 Å². The van der Waals surface area contributed by atoms with E-state index in [9.17, 15) is 9.59 Å². The highest BCUT2D eigenvalue weighted by molar-refractivity contribution is 6.33. The lowest BCUT2D eigenvalue weighted by Crippen LogP contribution is -2.42. The summed E-state index contributed by atoms with van der Waals surface area (Å²) in [5, 5.41) is 11.6. The molecule has 1 amide bonds. The number of esters is 1. The minimum absolute atomic E-state index is 0.180. The highest BCUT2D eigenvalue weighted by atomic mass is 35.5. The van der Waals surface area contributed by atoms with Crippen LogP contribution in [0.2, 0.25) is 5.02 Å². The maximum Gasteiger partial charge on any atom is 0.328 e. The van der Waals surface area contributed by atoms with E-state index < -0.39 is 17.9 Å². The molecule has 0 aromatic heterocycles. The number of nitrogens with zero attached hydrogens (tertiary/aromatic N) is 1. The molecule has 1 aromatic rings. The van der Waals surface area contributed by atoms with E-state index in [0.717, 1.165) is 0 Å². The smallest absolute Gasteiger partial charge is 0.328 e. The van der Waals surface area contributed by atoms with Crippen LogP contribution in [-0.2, 0) is 9.53 Å². The van der Waals surface area contributed by atoms with Crippen molar-refractivity contribution in [3.63, 3.8) is 0 Å². The maximum absolute atomic E-state index is 12.1. The molecule has 0 aliphatic rings. The van der Waals surface area contributed by atoms with E-state index in [0.29, 0.717) is 5.02 Å². The number of hydrogen-bond donors (Lipinski definition) is 1. The summed E-state index contributed by atoms with van der Waals surface area (Å²) in [5.74, 6) is -1.45. The van der Waals surface area contributed by atoms with Gasteiger partial charge in [0, 0.05) is 5.92 Å². The van der Waals surface area contributed by atoms with Crippen molar-refractivity contribution in [3.05, 3.63) is 34.9 Å². The molecule has 0 heterocycles. The SMILES string of the molecule is COC(=O)[C@H](C[C@@H](C)C#N)NC(=O)c1ccccc1Cl. The molecule has 0 bridgehead atoms. The van der Waals surface area contributed by atoms with Crippen LogP contribution in [0.1, 0.15) is 23.7 Å². The Kier molecular flexibility index (Phi) is 6.01. The number of carbonyl (C=O) groups excluding carboxylic acids is 2. The molecule has 0 aliphatic heterocycles. The first kappa shape index (κ1) is 16.0. The van der Waals surface area contributed by atoms with Crippen LogP contribution in [0, 0.1) is 17.2 Å². The predicted octanol–water partition coefficient (Wildman–Crippen LogP) is 2.16. The first-order chi connectivity index (χ1) is 9.49. The summed E-state index contributed by atoms with van der Waals surface area (Å²) in [6.07, 6.45) is 0.180. The number of benzene rings is 1. The first-order valence-corrected chi connectivity index (χ1v) is 6.40. The Morgan fingerprint density at radius 1 is 1.45 bits per heavy atom. The lowest BCUT2D eigenvalue weighted by atomic mass is 10.0. The zero-order valence-corrected chi connectivity index (χ0v) is 12.0. The van der Waals surface area contributed by atoms with Gasteiger partial charge < -0.3 is 10.1 Å². The number of ether oxygens (including phenoxy) is 1. The number of carbonyl (C=O) groups is 2. The first-order valence-electron chi connectivity index (χ1n) is 6.02. The van der Waals surface area contributed by atoms with Crippen LogP contribution < -0.4 is 5.32 Å². The van der Waals surface area contributed by atoms with Crippen molar-refractivity contribution >= 4 is 23.5 Å². The number of methoxy groups -OCH3 is 1. The summed E-state index contributed by atoms with van der Waals surface area (Å²) in [5.41, 5.74) is 0.271. The fourth-order valence-electron chi connectivity index (χ4n) is 1.64. The monoisotopic (exact) mass is 294 g/mol. The number of halogens is 1. The molecule has 20 heavy (non-hydrogen) atoms. The fourth-order valence-corrected chi connectivity index (χ4v) is 1.87. The minimum Gasteiger partial charge on any atom is -0.467 e. The fraction of sp³-hybridized carbons (Fsp3) is 0.357. The summed E-state index contributed by atoms with van der Waals surface area (Å²) in [6, 6.07) is 7.65. The number of amides is 1. The van der Waals surface area contributed by atoms with Crippen molar-refractivity contribution in [3.8, 4) is 6.07 Å². The van der Waals surface area contributed by atoms with E-state index >= 15 is 0 Å². The molecule has 1 aromatic carbocycles. The molecule has 0 fully saturated rings. The Morgan fingerprint density at radius 3 is 2.65 bits per heavy atom. The van der Waals surface area contributed by atoms with Gasteiger partial charge in [-0.2, -0.15) is 5.26 Å². The van der Waals surface area contributed by atoms with Gasteiger partial charge >= 0.3 is 5.97 Å².